The van der Waals surface area contributed by atoms with E-state index >= 15 is 0 Å². The van der Waals surface area contributed by atoms with E-state index in [2.05, 4.69) is 15.6 Å². The third kappa shape index (κ3) is 5.34. The smallest absolute Gasteiger partial charge is 0.385 e. The number of pyridine rings is 1. The van der Waals surface area contributed by atoms with Gasteiger partial charge in [0, 0.05) is 26.8 Å². The van der Waals surface area contributed by atoms with E-state index in [1.54, 1.807) is 14.0 Å². The first-order valence-electron chi connectivity index (χ1n) is 6.03. The Morgan fingerprint density at radius 3 is 2.37 bits per heavy atom. The van der Waals surface area contributed by atoms with Crippen LogP contribution >= 0.6 is 0 Å². The van der Waals surface area contributed by atoms with Gasteiger partial charge in [0.15, 0.2) is 0 Å². The number of rotatable bonds is 7. The van der Waals surface area contributed by atoms with Crippen LogP contribution in [0.5, 0.6) is 0 Å². The molecule has 0 aliphatic carbocycles. The lowest BCUT2D eigenvalue weighted by atomic mass is 10.2. The van der Waals surface area contributed by atoms with E-state index in [9.17, 15) is 13.2 Å². The van der Waals surface area contributed by atoms with Crippen molar-refractivity contribution in [3.05, 3.63) is 17.7 Å². The molecule has 1 heterocycles. The van der Waals surface area contributed by atoms with Crippen molar-refractivity contribution in [1.29, 1.82) is 0 Å². The summed E-state index contributed by atoms with van der Waals surface area (Å²) in [7, 11) is 1.58. The van der Waals surface area contributed by atoms with Gasteiger partial charge < -0.3 is 15.4 Å². The van der Waals surface area contributed by atoms with Gasteiger partial charge in [-0.1, -0.05) is 0 Å². The van der Waals surface area contributed by atoms with Crippen LogP contribution in [0, 0.1) is 0 Å². The number of nitrogens with one attached hydrogen (secondary N) is 2. The van der Waals surface area contributed by atoms with Crippen molar-refractivity contribution < 1.29 is 17.9 Å². The molecule has 0 aromatic carbocycles. The maximum Gasteiger partial charge on any atom is 0.416 e. The molecular formula is C12H18F3N3O. The number of anilines is 2. The van der Waals surface area contributed by atoms with Crippen molar-refractivity contribution >= 4 is 11.6 Å². The van der Waals surface area contributed by atoms with Crippen LogP contribution in [0.25, 0.3) is 0 Å². The van der Waals surface area contributed by atoms with Gasteiger partial charge in [-0.25, -0.2) is 4.98 Å². The Balaban J connectivity index is 2.81. The zero-order valence-corrected chi connectivity index (χ0v) is 11.0. The van der Waals surface area contributed by atoms with Gasteiger partial charge in [0.1, 0.15) is 11.6 Å². The number of halogens is 3. The molecule has 0 saturated carbocycles. The van der Waals surface area contributed by atoms with Crippen molar-refractivity contribution in [2.45, 2.75) is 19.5 Å². The number of ether oxygens (including phenoxy) is 1. The highest BCUT2D eigenvalue weighted by atomic mass is 19.4. The van der Waals surface area contributed by atoms with E-state index in [1.807, 2.05) is 0 Å². The number of nitrogens with zero attached hydrogens (tertiary/aromatic N) is 1. The van der Waals surface area contributed by atoms with Gasteiger partial charge in [-0.2, -0.15) is 13.2 Å². The van der Waals surface area contributed by atoms with Gasteiger partial charge >= 0.3 is 6.18 Å². The Labute approximate surface area is 110 Å². The minimum absolute atomic E-state index is 0.210. The average Bonchev–Trinajstić information content (AvgIpc) is 2.34. The number of alkyl halides is 3. The Morgan fingerprint density at radius 1 is 1.21 bits per heavy atom. The normalized spacial score (nSPS) is 11.4. The molecule has 1 aromatic rings. The molecule has 1 rings (SSSR count). The lowest BCUT2D eigenvalue weighted by Gasteiger charge is -2.13. The lowest BCUT2D eigenvalue weighted by Crippen LogP contribution is -2.12. The third-order valence-electron chi connectivity index (χ3n) is 2.34. The molecule has 0 aliphatic rings. The van der Waals surface area contributed by atoms with Gasteiger partial charge in [0.05, 0.1) is 5.56 Å². The van der Waals surface area contributed by atoms with E-state index in [4.69, 9.17) is 4.74 Å². The molecular weight excluding hydrogens is 259 g/mol. The fraction of sp³-hybridized carbons (Fsp3) is 0.583. The molecule has 0 amide bonds. The van der Waals surface area contributed by atoms with Crippen LogP contribution in [0.3, 0.4) is 0 Å². The number of hydrogen-bond donors (Lipinski definition) is 2. The van der Waals surface area contributed by atoms with E-state index in [1.165, 1.54) is 0 Å². The van der Waals surface area contributed by atoms with E-state index in [0.717, 1.165) is 12.1 Å². The van der Waals surface area contributed by atoms with Gasteiger partial charge in [-0.05, 0) is 25.5 Å². The minimum atomic E-state index is -4.38. The van der Waals surface area contributed by atoms with Crippen LogP contribution in [0.15, 0.2) is 12.1 Å². The lowest BCUT2D eigenvalue weighted by molar-refractivity contribution is -0.137. The largest absolute Gasteiger partial charge is 0.416 e. The highest BCUT2D eigenvalue weighted by molar-refractivity contribution is 5.49. The third-order valence-corrected chi connectivity index (χ3v) is 2.34. The molecule has 0 radical (unpaired) electrons. The molecule has 0 unspecified atom stereocenters. The van der Waals surface area contributed by atoms with E-state index in [-0.39, 0.29) is 11.6 Å². The summed E-state index contributed by atoms with van der Waals surface area (Å²) in [6, 6.07) is 2.01. The Hall–Kier alpha value is -1.50. The first kappa shape index (κ1) is 15.6. The SMILES string of the molecule is CCNc1cc(C(F)(F)F)cc(NCCCOC)n1. The maximum absolute atomic E-state index is 12.7. The Kier molecular flexibility index (Phi) is 5.88. The number of methoxy groups -OCH3 is 1. The number of hydrogen-bond acceptors (Lipinski definition) is 4. The fourth-order valence-electron chi connectivity index (χ4n) is 1.49. The predicted molar refractivity (Wildman–Crippen MR) is 68.4 cm³/mol. The van der Waals surface area contributed by atoms with Gasteiger partial charge in [0.2, 0.25) is 0 Å². The second-order valence-corrected chi connectivity index (χ2v) is 3.93. The van der Waals surface area contributed by atoms with Crippen LogP contribution in [-0.4, -0.2) is 31.8 Å². The summed E-state index contributed by atoms with van der Waals surface area (Å²) in [5.74, 6) is 0.424. The summed E-state index contributed by atoms with van der Waals surface area (Å²) < 4.78 is 43.1. The molecule has 0 bridgehead atoms. The second kappa shape index (κ2) is 7.18. The van der Waals surface area contributed by atoms with Gasteiger partial charge in [-0.3, -0.25) is 0 Å². The molecule has 0 spiro atoms. The van der Waals surface area contributed by atoms with E-state index in [0.29, 0.717) is 26.1 Å². The summed E-state index contributed by atoms with van der Waals surface area (Å²) in [4.78, 5) is 4.07. The highest BCUT2D eigenvalue weighted by Crippen LogP contribution is 2.31. The van der Waals surface area contributed by atoms with Gasteiger partial charge in [-0.15, -0.1) is 0 Å². The molecule has 2 N–H and O–H groups in total. The molecule has 108 valence electrons. The van der Waals surface area contributed by atoms with Crippen molar-refractivity contribution in [2.24, 2.45) is 0 Å². The Bertz CT molecular complexity index is 396. The molecule has 0 atom stereocenters. The van der Waals surface area contributed by atoms with Crippen LogP contribution in [0.4, 0.5) is 24.8 Å². The zero-order chi connectivity index (χ0) is 14.3. The van der Waals surface area contributed by atoms with Crippen molar-refractivity contribution in [1.82, 2.24) is 4.98 Å². The summed E-state index contributed by atoms with van der Waals surface area (Å²) >= 11 is 0. The zero-order valence-electron chi connectivity index (χ0n) is 11.0. The quantitative estimate of drug-likeness (QED) is 0.752. The highest BCUT2D eigenvalue weighted by Gasteiger charge is 2.31. The summed E-state index contributed by atoms with van der Waals surface area (Å²) in [5, 5.41) is 5.65. The van der Waals surface area contributed by atoms with Crippen molar-refractivity contribution in [3.63, 3.8) is 0 Å². The summed E-state index contributed by atoms with van der Waals surface area (Å²) in [5.41, 5.74) is -0.715. The molecule has 4 nitrogen and oxygen atoms in total. The van der Waals surface area contributed by atoms with Crippen molar-refractivity contribution in [3.8, 4) is 0 Å². The molecule has 19 heavy (non-hydrogen) atoms. The first-order valence-corrected chi connectivity index (χ1v) is 6.03. The predicted octanol–water partition coefficient (Wildman–Crippen LogP) is 2.98. The topological polar surface area (TPSA) is 46.2 Å². The summed E-state index contributed by atoms with van der Waals surface area (Å²) in [6.45, 7) is 3.37. The molecule has 0 saturated heterocycles. The van der Waals surface area contributed by atoms with Crippen LogP contribution in [0.2, 0.25) is 0 Å². The van der Waals surface area contributed by atoms with Crippen molar-refractivity contribution in [2.75, 3.05) is 37.4 Å². The standard InChI is InChI=1S/C12H18F3N3O/c1-3-16-10-7-9(12(13,14)15)8-11(18-10)17-5-4-6-19-2/h7-8H,3-6H2,1-2H3,(H2,16,17,18). The van der Waals surface area contributed by atoms with Crippen LogP contribution in [-0.2, 0) is 10.9 Å². The van der Waals surface area contributed by atoms with E-state index < -0.39 is 11.7 Å². The second-order valence-electron chi connectivity index (χ2n) is 3.93. The molecule has 0 fully saturated rings. The van der Waals surface area contributed by atoms with Gasteiger partial charge in [0.25, 0.3) is 0 Å². The fourth-order valence-corrected chi connectivity index (χ4v) is 1.49. The molecule has 7 heteroatoms. The minimum Gasteiger partial charge on any atom is -0.385 e. The molecule has 1 aromatic heterocycles. The summed E-state index contributed by atoms with van der Waals surface area (Å²) in [6.07, 6.45) is -3.68. The Morgan fingerprint density at radius 2 is 1.84 bits per heavy atom. The number of aromatic nitrogens is 1. The molecule has 0 aliphatic heterocycles. The first-order chi connectivity index (χ1) is 8.97. The van der Waals surface area contributed by atoms with Crippen LogP contribution in [0.1, 0.15) is 18.9 Å². The van der Waals surface area contributed by atoms with Crippen LogP contribution < -0.4 is 10.6 Å². The average molecular weight is 277 g/mol. The maximum atomic E-state index is 12.7. The monoisotopic (exact) mass is 277 g/mol.